The molecule has 1 saturated heterocycles. The second-order valence-electron chi connectivity index (χ2n) is 3.87. The van der Waals surface area contributed by atoms with Crippen molar-refractivity contribution in [3.8, 4) is 0 Å². The predicted octanol–water partition coefficient (Wildman–Crippen LogP) is 0.316. The van der Waals surface area contributed by atoms with E-state index in [0.29, 0.717) is 23.6 Å². The van der Waals surface area contributed by atoms with Crippen LogP contribution in [-0.2, 0) is 9.84 Å². The Balaban J connectivity index is 1.81. The molecule has 0 radical (unpaired) electrons. The maximum Gasteiger partial charge on any atom is 0.150 e. The van der Waals surface area contributed by atoms with Gasteiger partial charge in [0.05, 0.1) is 11.5 Å². The molecule has 4 heteroatoms. The fourth-order valence-corrected chi connectivity index (χ4v) is 3.13. The molecule has 0 amide bonds. The van der Waals surface area contributed by atoms with Crippen LogP contribution in [0.3, 0.4) is 0 Å². The summed E-state index contributed by atoms with van der Waals surface area (Å²) in [5.41, 5.74) is 0. The van der Waals surface area contributed by atoms with Gasteiger partial charge in [0.1, 0.15) is 9.84 Å². The number of hydrogen-bond acceptors (Lipinski definition) is 3. The first kappa shape index (κ1) is 8.51. The molecule has 0 spiro atoms. The van der Waals surface area contributed by atoms with E-state index in [1.807, 2.05) is 0 Å². The standard InChI is InChI=1S/C8H15NO2S/c10-12(11)5-3-8(4-6-12)9-7-1-2-7/h7-9H,1-6H2. The van der Waals surface area contributed by atoms with Crippen molar-refractivity contribution < 1.29 is 8.42 Å². The minimum Gasteiger partial charge on any atom is -0.311 e. The third-order valence-corrected chi connectivity index (χ3v) is 4.32. The molecule has 1 heterocycles. The van der Waals surface area contributed by atoms with Gasteiger partial charge >= 0.3 is 0 Å². The fraction of sp³-hybridized carbons (Fsp3) is 1.00. The van der Waals surface area contributed by atoms with E-state index in [1.54, 1.807) is 0 Å². The second kappa shape index (κ2) is 3.00. The molecule has 70 valence electrons. The SMILES string of the molecule is O=S1(=O)CCC(NC2CC2)CC1. The number of nitrogens with one attached hydrogen (secondary N) is 1. The highest BCUT2D eigenvalue weighted by molar-refractivity contribution is 7.91. The first-order valence-electron chi connectivity index (χ1n) is 4.62. The minimum atomic E-state index is -2.67. The maximum absolute atomic E-state index is 11.1. The Labute approximate surface area is 73.5 Å². The Morgan fingerprint density at radius 2 is 1.42 bits per heavy atom. The fourth-order valence-electron chi connectivity index (χ4n) is 1.64. The number of hydrogen-bond donors (Lipinski definition) is 1. The van der Waals surface area contributed by atoms with E-state index in [1.165, 1.54) is 12.8 Å². The van der Waals surface area contributed by atoms with Crippen molar-refractivity contribution in [3.63, 3.8) is 0 Å². The van der Waals surface area contributed by atoms with Gasteiger partial charge in [-0.3, -0.25) is 0 Å². The molecular weight excluding hydrogens is 174 g/mol. The van der Waals surface area contributed by atoms with Crippen LogP contribution in [-0.4, -0.2) is 32.0 Å². The molecule has 3 nitrogen and oxygen atoms in total. The van der Waals surface area contributed by atoms with Gasteiger partial charge in [-0.15, -0.1) is 0 Å². The topological polar surface area (TPSA) is 46.2 Å². The Bertz CT molecular complexity index is 242. The van der Waals surface area contributed by atoms with Crippen LogP contribution in [0.25, 0.3) is 0 Å². The largest absolute Gasteiger partial charge is 0.311 e. The van der Waals surface area contributed by atoms with Crippen LogP contribution in [0.5, 0.6) is 0 Å². The summed E-state index contributed by atoms with van der Waals surface area (Å²) in [5, 5.41) is 3.47. The zero-order chi connectivity index (χ0) is 8.60. The van der Waals surface area contributed by atoms with E-state index >= 15 is 0 Å². The summed E-state index contributed by atoms with van der Waals surface area (Å²) >= 11 is 0. The number of rotatable bonds is 2. The van der Waals surface area contributed by atoms with Gasteiger partial charge in [-0.25, -0.2) is 8.42 Å². The molecule has 0 aromatic carbocycles. The highest BCUT2D eigenvalue weighted by Gasteiger charge is 2.28. The molecule has 2 aliphatic rings. The Hall–Kier alpha value is -0.0900. The van der Waals surface area contributed by atoms with Crippen molar-refractivity contribution in [1.29, 1.82) is 0 Å². The first-order valence-corrected chi connectivity index (χ1v) is 6.44. The summed E-state index contributed by atoms with van der Waals surface area (Å²) in [6.07, 6.45) is 4.20. The van der Waals surface area contributed by atoms with Crippen molar-refractivity contribution in [1.82, 2.24) is 5.32 Å². The molecular formula is C8H15NO2S. The van der Waals surface area contributed by atoms with Gasteiger partial charge in [-0.2, -0.15) is 0 Å². The molecule has 12 heavy (non-hydrogen) atoms. The van der Waals surface area contributed by atoms with E-state index in [0.717, 1.165) is 12.8 Å². The lowest BCUT2D eigenvalue weighted by Gasteiger charge is -2.22. The zero-order valence-electron chi connectivity index (χ0n) is 7.12. The van der Waals surface area contributed by atoms with Gasteiger partial charge in [-0.1, -0.05) is 0 Å². The van der Waals surface area contributed by atoms with E-state index in [2.05, 4.69) is 5.32 Å². The lowest BCUT2D eigenvalue weighted by atomic mass is 10.1. The molecule has 0 unspecified atom stereocenters. The minimum absolute atomic E-state index is 0.386. The molecule has 0 atom stereocenters. The van der Waals surface area contributed by atoms with Crippen LogP contribution in [0.1, 0.15) is 25.7 Å². The molecule has 1 saturated carbocycles. The Morgan fingerprint density at radius 1 is 0.917 bits per heavy atom. The molecule has 1 aliphatic carbocycles. The van der Waals surface area contributed by atoms with Gasteiger partial charge in [0.2, 0.25) is 0 Å². The van der Waals surface area contributed by atoms with Gasteiger partial charge < -0.3 is 5.32 Å². The Kier molecular flexibility index (Phi) is 2.12. The summed E-state index contributed by atoms with van der Waals surface area (Å²) in [5.74, 6) is 0.773. The van der Waals surface area contributed by atoms with Gasteiger partial charge in [0, 0.05) is 12.1 Å². The average molecular weight is 189 g/mol. The van der Waals surface area contributed by atoms with E-state index in [4.69, 9.17) is 0 Å². The molecule has 1 N–H and O–H groups in total. The van der Waals surface area contributed by atoms with Crippen LogP contribution >= 0.6 is 0 Å². The maximum atomic E-state index is 11.1. The van der Waals surface area contributed by atoms with E-state index < -0.39 is 9.84 Å². The van der Waals surface area contributed by atoms with Gasteiger partial charge in [-0.05, 0) is 25.7 Å². The lowest BCUT2D eigenvalue weighted by molar-refractivity contribution is 0.461. The molecule has 2 rings (SSSR count). The summed E-state index contributed by atoms with van der Waals surface area (Å²) in [4.78, 5) is 0. The average Bonchev–Trinajstić information content (AvgIpc) is 2.77. The van der Waals surface area contributed by atoms with Crippen molar-refractivity contribution in [3.05, 3.63) is 0 Å². The highest BCUT2D eigenvalue weighted by atomic mass is 32.2. The molecule has 2 fully saturated rings. The summed E-state index contributed by atoms with van der Waals surface area (Å²) < 4.78 is 22.1. The molecule has 0 aromatic heterocycles. The van der Waals surface area contributed by atoms with Gasteiger partial charge in [0.15, 0.2) is 0 Å². The highest BCUT2D eigenvalue weighted by Crippen LogP contribution is 2.22. The summed E-state index contributed by atoms with van der Waals surface area (Å²) in [6.45, 7) is 0. The second-order valence-corrected chi connectivity index (χ2v) is 6.17. The van der Waals surface area contributed by atoms with Gasteiger partial charge in [0.25, 0.3) is 0 Å². The third kappa shape index (κ3) is 2.20. The van der Waals surface area contributed by atoms with Crippen LogP contribution in [0, 0.1) is 0 Å². The smallest absolute Gasteiger partial charge is 0.150 e. The normalized spacial score (nSPS) is 30.3. The van der Waals surface area contributed by atoms with Crippen molar-refractivity contribution in [2.45, 2.75) is 37.8 Å². The summed E-state index contributed by atoms with van der Waals surface area (Å²) in [6, 6.07) is 1.18. The van der Waals surface area contributed by atoms with Crippen LogP contribution < -0.4 is 5.32 Å². The van der Waals surface area contributed by atoms with E-state index in [-0.39, 0.29) is 0 Å². The van der Waals surface area contributed by atoms with Crippen LogP contribution in [0.2, 0.25) is 0 Å². The number of sulfone groups is 1. The van der Waals surface area contributed by atoms with Crippen molar-refractivity contribution in [2.24, 2.45) is 0 Å². The summed E-state index contributed by atoms with van der Waals surface area (Å²) in [7, 11) is -2.67. The van der Waals surface area contributed by atoms with Crippen molar-refractivity contribution >= 4 is 9.84 Å². The van der Waals surface area contributed by atoms with Crippen LogP contribution in [0.4, 0.5) is 0 Å². The van der Waals surface area contributed by atoms with E-state index in [9.17, 15) is 8.42 Å². The predicted molar refractivity (Wildman–Crippen MR) is 47.8 cm³/mol. The molecule has 0 aromatic rings. The monoisotopic (exact) mass is 189 g/mol. The third-order valence-electron chi connectivity index (χ3n) is 2.60. The Morgan fingerprint density at radius 3 is 1.92 bits per heavy atom. The zero-order valence-corrected chi connectivity index (χ0v) is 7.94. The molecule has 1 aliphatic heterocycles. The lowest BCUT2D eigenvalue weighted by Crippen LogP contribution is -2.38. The van der Waals surface area contributed by atoms with Crippen LogP contribution in [0.15, 0.2) is 0 Å². The molecule has 0 bridgehead atoms. The quantitative estimate of drug-likeness (QED) is 0.680. The van der Waals surface area contributed by atoms with Crippen molar-refractivity contribution in [2.75, 3.05) is 11.5 Å². The first-order chi connectivity index (χ1) is 5.66.